The van der Waals surface area contributed by atoms with E-state index < -0.39 is 0 Å². The van der Waals surface area contributed by atoms with Gasteiger partial charge in [-0.15, -0.1) is 0 Å². The Morgan fingerprint density at radius 2 is 1.86 bits per heavy atom. The Labute approximate surface area is 174 Å². The lowest BCUT2D eigenvalue weighted by Crippen LogP contribution is -3.11. The smallest absolute Gasteiger partial charge is 0.282 e. The van der Waals surface area contributed by atoms with E-state index in [9.17, 15) is 14.4 Å². The van der Waals surface area contributed by atoms with E-state index in [4.69, 9.17) is 11.6 Å². The highest BCUT2D eigenvalue weighted by molar-refractivity contribution is 6.33. The molecule has 1 aliphatic rings. The molecule has 1 aliphatic heterocycles. The van der Waals surface area contributed by atoms with Gasteiger partial charge >= 0.3 is 0 Å². The maximum atomic E-state index is 13.0. The highest BCUT2D eigenvalue weighted by Crippen LogP contribution is 2.31. The van der Waals surface area contributed by atoms with E-state index in [1.54, 1.807) is 42.3 Å². The fourth-order valence-corrected chi connectivity index (χ4v) is 3.59. The molecule has 0 aliphatic carbocycles. The van der Waals surface area contributed by atoms with Crippen molar-refractivity contribution in [1.82, 2.24) is 0 Å². The lowest BCUT2D eigenvalue weighted by atomic mass is 10.1. The van der Waals surface area contributed by atoms with Crippen LogP contribution in [0, 0.1) is 0 Å². The lowest BCUT2D eigenvalue weighted by Gasteiger charge is -2.28. The number of carbonyl (C=O) groups is 3. The van der Waals surface area contributed by atoms with Crippen molar-refractivity contribution in [3.05, 3.63) is 53.6 Å². The van der Waals surface area contributed by atoms with E-state index in [-0.39, 0.29) is 43.3 Å². The third kappa shape index (κ3) is 5.13. The predicted molar refractivity (Wildman–Crippen MR) is 113 cm³/mol. The minimum atomic E-state index is -0.282. The Hall–Kier alpha value is -2.90. The van der Waals surface area contributed by atoms with Crippen LogP contribution in [0.4, 0.5) is 17.1 Å². The van der Waals surface area contributed by atoms with Gasteiger partial charge in [0.2, 0.25) is 5.91 Å². The number of para-hydroxylation sites is 3. The number of rotatable bonds is 5. The summed E-state index contributed by atoms with van der Waals surface area (Å²) in [7, 11) is 1.78. The van der Waals surface area contributed by atoms with Crippen molar-refractivity contribution in [2.75, 3.05) is 35.7 Å². The van der Waals surface area contributed by atoms with Crippen LogP contribution in [0.2, 0.25) is 5.02 Å². The van der Waals surface area contributed by atoms with Gasteiger partial charge in [0.05, 0.1) is 29.1 Å². The summed E-state index contributed by atoms with van der Waals surface area (Å²) in [5.41, 5.74) is 1.83. The molecule has 0 fully saturated rings. The Bertz CT molecular complexity index is 934. The van der Waals surface area contributed by atoms with E-state index in [1.165, 1.54) is 0 Å². The van der Waals surface area contributed by atoms with Crippen LogP contribution in [-0.2, 0) is 14.4 Å². The molecule has 1 unspecified atom stereocenters. The fourth-order valence-electron chi connectivity index (χ4n) is 3.40. The Morgan fingerprint density at radius 1 is 1.17 bits per heavy atom. The number of benzene rings is 2. The molecule has 2 atom stereocenters. The van der Waals surface area contributed by atoms with Crippen LogP contribution >= 0.6 is 11.6 Å². The van der Waals surface area contributed by atoms with E-state index in [2.05, 4.69) is 10.6 Å². The first-order chi connectivity index (χ1) is 13.8. The first-order valence-electron chi connectivity index (χ1n) is 9.41. The van der Waals surface area contributed by atoms with Crippen molar-refractivity contribution in [3.8, 4) is 0 Å². The predicted octanol–water partition coefficient (Wildman–Crippen LogP) is 1.56. The molecule has 0 aromatic heterocycles. The molecule has 1 heterocycles. The number of halogens is 1. The van der Waals surface area contributed by atoms with Crippen molar-refractivity contribution in [2.24, 2.45) is 0 Å². The molecule has 2 aromatic rings. The van der Waals surface area contributed by atoms with Crippen molar-refractivity contribution in [2.45, 2.75) is 19.4 Å². The zero-order valence-corrected chi connectivity index (χ0v) is 17.1. The van der Waals surface area contributed by atoms with E-state index in [0.717, 1.165) is 4.90 Å². The van der Waals surface area contributed by atoms with Gasteiger partial charge in [-0.2, -0.15) is 0 Å². The van der Waals surface area contributed by atoms with E-state index >= 15 is 0 Å². The van der Waals surface area contributed by atoms with Crippen molar-refractivity contribution in [3.63, 3.8) is 0 Å². The van der Waals surface area contributed by atoms with Gasteiger partial charge in [-0.05, 0) is 31.2 Å². The molecular formula is C21H24ClN4O3+. The average Bonchev–Trinajstić information content (AvgIpc) is 2.77. The minimum absolute atomic E-state index is 0.109. The summed E-state index contributed by atoms with van der Waals surface area (Å²) < 4.78 is 0. The average molecular weight is 416 g/mol. The number of hydrogen-bond acceptors (Lipinski definition) is 3. The number of fused-ring (bicyclic) bond motifs is 1. The van der Waals surface area contributed by atoms with Gasteiger partial charge in [0.25, 0.3) is 11.8 Å². The number of anilines is 3. The van der Waals surface area contributed by atoms with E-state index in [0.29, 0.717) is 22.1 Å². The second-order valence-electron chi connectivity index (χ2n) is 7.22. The SMILES string of the molecule is C[C@H]1CC(=O)Nc2ccccc2N1C(=O)C[NH+](C)CC(=O)Nc1ccccc1Cl. The van der Waals surface area contributed by atoms with Gasteiger partial charge in [-0.25, -0.2) is 0 Å². The molecule has 29 heavy (non-hydrogen) atoms. The standard InChI is InChI=1S/C21H23ClN4O3/c1-14-11-19(27)24-17-9-5-6-10-18(17)26(14)21(29)13-25(2)12-20(28)23-16-8-4-3-7-15(16)22/h3-10,14H,11-13H2,1-2H3,(H,23,28)(H,24,27)/p+1/t14-/m0/s1. The number of carbonyl (C=O) groups excluding carboxylic acids is 3. The summed E-state index contributed by atoms with van der Waals surface area (Å²) in [5, 5.41) is 6.06. The van der Waals surface area contributed by atoms with Gasteiger partial charge in [-0.3, -0.25) is 14.4 Å². The zero-order chi connectivity index (χ0) is 21.0. The Morgan fingerprint density at radius 3 is 2.62 bits per heavy atom. The molecule has 0 spiro atoms. The van der Waals surface area contributed by atoms with Gasteiger partial charge in [-0.1, -0.05) is 35.9 Å². The minimum Gasteiger partial charge on any atom is -0.324 e. The highest BCUT2D eigenvalue weighted by Gasteiger charge is 2.31. The summed E-state index contributed by atoms with van der Waals surface area (Å²) in [6.07, 6.45) is 0.215. The molecule has 3 N–H and O–H groups in total. The molecule has 0 saturated heterocycles. The molecule has 3 amide bonds. The molecule has 8 heteroatoms. The van der Waals surface area contributed by atoms with Crippen molar-refractivity contribution >= 4 is 46.4 Å². The lowest BCUT2D eigenvalue weighted by molar-refractivity contribution is -0.862. The van der Waals surface area contributed by atoms with Gasteiger partial charge in [0.1, 0.15) is 0 Å². The van der Waals surface area contributed by atoms with E-state index in [1.807, 2.05) is 25.1 Å². The fraction of sp³-hybridized carbons (Fsp3) is 0.286. The van der Waals surface area contributed by atoms with Crippen LogP contribution in [0.1, 0.15) is 13.3 Å². The van der Waals surface area contributed by atoms with Crippen molar-refractivity contribution < 1.29 is 19.3 Å². The van der Waals surface area contributed by atoms with Crippen LogP contribution in [0.15, 0.2) is 48.5 Å². The summed E-state index contributed by atoms with van der Waals surface area (Å²) in [4.78, 5) is 39.8. The number of nitrogens with zero attached hydrogens (tertiary/aromatic N) is 1. The largest absolute Gasteiger partial charge is 0.324 e. The first kappa shape index (κ1) is 20.8. The molecule has 152 valence electrons. The number of quaternary nitrogens is 1. The van der Waals surface area contributed by atoms with Crippen LogP contribution in [-0.4, -0.2) is 43.9 Å². The number of likely N-dealkylation sites (N-methyl/N-ethyl adjacent to an activating group) is 1. The third-order valence-corrected chi connectivity index (χ3v) is 5.02. The molecule has 0 saturated carbocycles. The maximum absolute atomic E-state index is 13.0. The molecule has 7 nitrogen and oxygen atoms in total. The van der Waals surface area contributed by atoms with Crippen molar-refractivity contribution in [1.29, 1.82) is 0 Å². The van der Waals surface area contributed by atoms with Gasteiger partial charge in [0.15, 0.2) is 13.1 Å². The molecule has 0 bridgehead atoms. The first-order valence-corrected chi connectivity index (χ1v) is 9.79. The summed E-state index contributed by atoms with van der Waals surface area (Å²) >= 11 is 6.07. The second-order valence-corrected chi connectivity index (χ2v) is 7.63. The Kier molecular flexibility index (Phi) is 6.51. The zero-order valence-electron chi connectivity index (χ0n) is 16.4. The number of amides is 3. The molecular weight excluding hydrogens is 392 g/mol. The normalized spacial score (nSPS) is 17.0. The van der Waals surface area contributed by atoms with Crippen LogP contribution in [0.3, 0.4) is 0 Å². The van der Waals surface area contributed by atoms with Gasteiger partial charge < -0.3 is 20.4 Å². The molecule has 0 radical (unpaired) electrons. The number of nitrogens with one attached hydrogen (secondary N) is 3. The number of hydrogen-bond donors (Lipinski definition) is 3. The van der Waals surface area contributed by atoms with Crippen LogP contribution < -0.4 is 20.4 Å². The summed E-state index contributed by atoms with van der Waals surface area (Å²) in [6, 6.07) is 13.9. The van der Waals surface area contributed by atoms with Crippen LogP contribution in [0.5, 0.6) is 0 Å². The topological polar surface area (TPSA) is 83.0 Å². The third-order valence-electron chi connectivity index (χ3n) is 4.69. The summed E-state index contributed by atoms with van der Waals surface area (Å²) in [6.45, 7) is 2.07. The highest BCUT2D eigenvalue weighted by atomic mass is 35.5. The summed E-state index contributed by atoms with van der Waals surface area (Å²) in [5.74, 6) is -0.505. The monoisotopic (exact) mass is 415 g/mol. The van der Waals surface area contributed by atoms with Gasteiger partial charge in [0, 0.05) is 12.5 Å². The second kappa shape index (κ2) is 9.07. The quantitative estimate of drug-likeness (QED) is 0.693. The Balaban J connectivity index is 1.66. The molecule has 2 aromatic carbocycles. The molecule has 3 rings (SSSR count). The van der Waals surface area contributed by atoms with Crippen LogP contribution in [0.25, 0.3) is 0 Å². The maximum Gasteiger partial charge on any atom is 0.282 e.